The molecular weight excluding hydrogens is 386 g/mol. The van der Waals surface area contributed by atoms with E-state index in [2.05, 4.69) is 4.98 Å². The number of benzene rings is 2. The van der Waals surface area contributed by atoms with Gasteiger partial charge in [-0.15, -0.1) is 0 Å². The molecule has 1 heterocycles. The average molecular weight is 403 g/mol. The number of methoxy groups -OCH3 is 1. The van der Waals surface area contributed by atoms with Crippen LogP contribution in [0.1, 0.15) is 39.5 Å². The first kappa shape index (κ1) is 20.5. The summed E-state index contributed by atoms with van der Waals surface area (Å²) in [5, 5.41) is 0. The zero-order chi connectivity index (χ0) is 21.0. The molecule has 0 spiro atoms. The maximum Gasteiger partial charge on any atom is 0.416 e. The molecule has 0 saturated carbocycles. The van der Waals surface area contributed by atoms with Crippen molar-refractivity contribution in [2.45, 2.75) is 18.5 Å². The molecular formula is C22H17F4NO2. The van der Waals surface area contributed by atoms with Crippen LogP contribution >= 0.6 is 0 Å². The van der Waals surface area contributed by atoms with Crippen LogP contribution in [0.2, 0.25) is 0 Å². The maximum absolute atomic E-state index is 14.4. The number of alkyl halides is 3. The minimum absolute atomic E-state index is 0.00844. The first-order valence-electron chi connectivity index (χ1n) is 8.74. The third-order valence-corrected chi connectivity index (χ3v) is 4.56. The lowest BCUT2D eigenvalue weighted by molar-refractivity contribution is -0.137. The van der Waals surface area contributed by atoms with Gasteiger partial charge in [-0.2, -0.15) is 13.2 Å². The molecule has 0 aliphatic carbocycles. The Labute approximate surface area is 165 Å². The van der Waals surface area contributed by atoms with Crippen molar-refractivity contribution >= 4 is 5.78 Å². The third-order valence-electron chi connectivity index (χ3n) is 4.56. The largest absolute Gasteiger partial charge is 0.497 e. The van der Waals surface area contributed by atoms with Gasteiger partial charge in [0.25, 0.3) is 0 Å². The quantitative estimate of drug-likeness (QED) is 0.394. The molecule has 0 radical (unpaired) electrons. The molecule has 3 nitrogen and oxygen atoms in total. The summed E-state index contributed by atoms with van der Waals surface area (Å²) in [6.45, 7) is 0. The summed E-state index contributed by atoms with van der Waals surface area (Å²) >= 11 is 0. The highest BCUT2D eigenvalue weighted by Crippen LogP contribution is 2.34. The number of carbonyl (C=O) groups excluding carboxylic acids is 1. The Morgan fingerprint density at radius 1 is 1.03 bits per heavy atom. The fraction of sp³-hybridized carbons (Fsp3) is 0.182. The van der Waals surface area contributed by atoms with E-state index < -0.39 is 23.5 Å². The van der Waals surface area contributed by atoms with Crippen LogP contribution in [0.4, 0.5) is 17.6 Å². The van der Waals surface area contributed by atoms with E-state index in [1.165, 1.54) is 37.6 Å². The second-order valence-corrected chi connectivity index (χ2v) is 6.40. The second kappa shape index (κ2) is 8.43. The summed E-state index contributed by atoms with van der Waals surface area (Å²) in [4.78, 5) is 16.8. The molecule has 0 saturated heterocycles. The van der Waals surface area contributed by atoms with Crippen LogP contribution in [0.25, 0.3) is 0 Å². The molecule has 29 heavy (non-hydrogen) atoms. The lowest BCUT2D eigenvalue weighted by Crippen LogP contribution is -2.13. The van der Waals surface area contributed by atoms with E-state index in [4.69, 9.17) is 4.74 Å². The van der Waals surface area contributed by atoms with Crippen molar-refractivity contribution in [3.05, 3.63) is 95.1 Å². The fourth-order valence-electron chi connectivity index (χ4n) is 3.01. The Bertz CT molecular complexity index is 983. The van der Waals surface area contributed by atoms with Crippen molar-refractivity contribution in [2.75, 3.05) is 7.11 Å². The normalized spacial score (nSPS) is 12.4. The van der Waals surface area contributed by atoms with Gasteiger partial charge in [0.1, 0.15) is 11.6 Å². The molecule has 0 unspecified atom stereocenters. The standard InChI is InChI=1S/C22H17F4NO2/c1-29-17-10-6-15(7-11-17)20(28)13-18(21-19(23)3-2-12-27-21)14-4-8-16(9-5-14)22(24,25)26/h2-12,18H,13H2,1H3/t18-/m0/s1. The van der Waals surface area contributed by atoms with Gasteiger partial charge in [-0.25, -0.2) is 4.39 Å². The number of halogens is 4. The summed E-state index contributed by atoms with van der Waals surface area (Å²) in [6, 6.07) is 13.4. The van der Waals surface area contributed by atoms with E-state index in [1.54, 1.807) is 24.3 Å². The highest BCUT2D eigenvalue weighted by molar-refractivity contribution is 5.96. The maximum atomic E-state index is 14.4. The molecule has 0 aliphatic heterocycles. The molecule has 0 amide bonds. The second-order valence-electron chi connectivity index (χ2n) is 6.40. The Hall–Kier alpha value is -3.22. The molecule has 0 fully saturated rings. The van der Waals surface area contributed by atoms with Gasteiger partial charge in [-0.3, -0.25) is 9.78 Å². The van der Waals surface area contributed by atoms with Crippen molar-refractivity contribution in [1.82, 2.24) is 4.98 Å². The van der Waals surface area contributed by atoms with Crippen molar-refractivity contribution < 1.29 is 27.1 Å². The van der Waals surface area contributed by atoms with Crippen LogP contribution in [0.3, 0.4) is 0 Å². The molecule has 0 aliphatic rings. The molecule has 7 heteroatoms. The number of hydrogen-bond acceptors (Lipinski definition) is 3. The summed E-state index contributed by atoms with van der Waals surface area (Å²) in [5.41, 5.74) is -0.0476. The minimum Gasteiger partial charge on any atom is -0.497 e. The van der Waals surface area contributed by atoms with E-state index in [1.807, 2.05) is 0 Å². The summed E-state index contributed by atoms with van der Waals surface area (Å²) < 4.78 is 58.0. The third kappa shape index (κ3) is 4.80. The molecule has 2 aromatic carbocycles. The van der Waals surface area contributed by atoms with Crippen molar-refractivity contribution in [3.8, 4) is 5.75 Å². The molecule has 3 rings (SSSR count). The molecule has 0 bridgehead atoms. The number of ketones is 1. The van der Waals surface area contributed by atoms with Gasteiger partial charge in [0.2, 0.25) is 0 Å². The first-order chi connectivity index (χ1) is 13.8. The van der Waals surface area contributed by atoms with Gasteiger partial charge in [-0.1, -0.05) is 12.1 Å². The van der Waals surface area contributed by atoms with Crippen LogP contribution in [0.15, 0.2) is 66.9 Å². The van der Waals surface area contributed by atoms with Crippen molar-refractivity contribution in [2.24, 2.45) is 0 Å². The number of pyridine rings is 1. The van der Waals surface area contributed by atoms with E-state index >= 15 is 0 Å². The van der Waals surface area contributed by atoms with E-state index in [-0.39, 0.29) is 17.9 Å². The van der Waals surface area contributed by atoms with Crippen LogP contribution in [-0.2, 0) is 6.18 Å². The molecule has 3 aromatic rings. The molecule has 1 atom stereocenters. The molecule has 1 aromatic heterocycles. The lowest BCUT2D eigenvalue weighted by Gasteiger charge is -2.18. The van der Waals surface area contributed by atoms with Gasteiger partial charge < -0.3 is 4.74 Å². The highest BCUT2D eigenvalue weighted by atomic mass is 19.4. The molecule has 150 valence electrons. The number of aromatic nitrogens is 1. The Kier molecular flexibility index (Phi) is 5.96. The van der Waals surface area contributed by atoms with Gasteiger partial charge in [0.05, 0.1) is 18.4 Å². The van der Waals surface area contributed by atoms with Crippen molar-refractivity contribution in [1.29, 1.82) is 0 Å². The predicted molar refractivity (Wildman–Crippen MR) is 99.4 cm³/mol. The Morgan fingerprint density at radius 2 is 1.69 bits per heavy atom. The fourth-order valence-corrected chi connectivity index (χ4v) is 3.01. The van der Waals surface area contributed by atoms with Gasteiger partial charge in [0, 0.05) is 24.1 Å². The van der Waals surface area contributed by atoms with Gasteiger partial charge in [-0.05, 0) is 54.1 Å². The topological polar surface area (TPSA) is 39.2 Å². The predicted octanol–water partition coefficient (Wildman–Crippen LogP) is 5.65. The Balaban J connectivity index is 1.95. The van der Waals surface area contributed by atoms with Crippen LogP contribution in [-0.4, -0.2) is 17.9 Å². The number of hydrogen-bond donors (Lipinski definition) is 0. The first-order valence-corrected chi connectivity index (χ1v) is 8.74. The SMILES string of the molecule is COc1ccc(C(=O)C[C@@H](c2ccc(C(F)(F)F)cc2)c2ncccc2F)cc1. The van der Waals surface area contributed by atoms with Crippen molar-refractivity contribution in [3.63, 3.8) is 0 Å². The Morgan fingerprint density at radius 3 is 2.24 bits per heavy atom. The van der Waals surface area contributed by atoms with Crippen LogP contribution in [0.5, 0.6) is 5.75 Å². The number of Topliss-reactive ketones (excluding diaryl/α,β-unsaturated/α-hetero) is 1. The monoisotopic (exact) mass is 403 g/mol. The lowest BCUT2D eigenvalue weighted by atomic mass is 9.88. The minimum atomic E-state index is -4.48. The molecule has 0 N–H and O–H groups in total. The average Bonchev–Trinajstić information content (AvgIpc) is 2.72. The zero-order valence-corrected chi connectivity index (χ0v) is 15.4. The summed E-state index contributed by atoms with van der Waals surface area (Å²) in [5.74, 6) is -1.16. The number of nitrogens with zero attached hydrogens (tertiary/aromatic N) is 1. The number of rotatable bonds is 6. The summed E-state index contributed by atoms with van der Waals surface area (Å²) in [7, 11) is 1.50. The number of carbonyl (C=O) groups is 1. The van der Waals surface area contributed by atoms with E-state index in [9.17, 15) is 22.4 Å². The van der Waals surface area contributed by atoms with E-state index in [0.29, 0.717) is 16.9 Å². The summed E-state index contributed by atoms with van der Waals surface area (Å²) in [6.07, 6.45) is -3.25. The highest BCUT2D eigenvalue weighted by Gasteiger charge is 2.31. The van der Waals surface area contributed by atoms with E-state index in [0.717, 1.165) is 12.1 Å². The number of ether oxygens (including phenoxy) is 1. The van der Waals surface area contributed by atoms with Crippen LogP contribution < -0.4 is 4.74 Å². The van der Waals surface area contributed by atoms with Gasteiger partial charge >= 0.3 is 6.18 Å². The zero-order valence-electron chi connectivity index (χ0n) is 15.4. The smallest absolute Gasteiger partial charge is 0.416 e. The van der Waals surface area contributed by atoms with Gasteiger partial charge in [0.15, 0.2) is 5.78 Å². The van der Waals surface area contributed by atoms with Crippen LogP contribution in [0, 0.1) is 5.82 Å².